The predicted octanol–water partition coefficient (Wildman–Crippen LogP) is 1.72. The summed E-state index contributed by atoms with van der Waals surface area (Å²) < 4.78 is 44.5. The van der Waals surface area contributed by atoms with Gasteiger partial charge in [0.05, 0.1) is 18.6 Å². The molecule has 7 heteroatoms. The van der Waals surface area contributed by atoms with Crippen LogP contribution < -0.4 is 14.8 Å². The molecular formula is C13H19FN2O3S. The number of ether oxygens (including phenoxy) is 1. The number of sulfonamides is 1. The smallest absolute Gasteiger partial charge is 0.232 e. The summed E-state index contributed by atoms with van der Waals surface area (Å²) in [7, 11) is -2.11. The van der Waals surface area contributed by atoms with E-state index >= 15 is 0 Å². The van der Waals surface area contributed by atoms with Crippen LogP contribution >= 0.6 is 0 Å². The topological polar surface area (TPSA) is 67.4 Å². The average molecular weight is 302 g/mol. The van der Waals surface area contributed by atoms with Crippen molar-refractivity contribution in [3.63, 3.8) is 0 Å². The fourth-order valence-corrected chi connectivity index (χ4v) is 2.90. The van der Waals surface area contributed by atoms with Crippen molar-refractivity contribution in [3.05, 3.63) is 24.0 Å². The van der Waals surface area contributed by atoms with Gasteiger partial charge in [0.2, 0.25) is 10.0 Å². The van der Waals surface area contributed by atoms with Gasteiger partial charge in [-0.2, -0.15) is 0 Å². The van der Waals surface area contributed by atoms with E-state index in [1.807, 2.05) is 0 Å². The molecule has 1 aromatic rings. The first-order valence-corrected chi connectivity index (χ1v) is 8.23. The van der Waals surface area contributed by atoms with E-state index in [1.165, 1.54) is 38.2 Å². The number of rotatable bonds is 8. The third kappa shape index (κ3) is 4.64. The summed E-state index contributed by atoms with van der Waals surface area (Å²) >= 11 is 0. The Labute approximate surface area is 118 Å². The third-order valence-electron chi connectivity index (χ3n) is 3.04. The zero-order valence-electron chi connectivity index (χ0n) is 11.4. The number of hydrogen-bond donors (Lipinski definition) is 2. The number of halogens is 1. The first kappa shape index (κ1) is 15.1. The van der Waals surface area contributed by atoms with E-state index < -0.39 is 15.8 Å². The Balaban J connectivity index is 1.89. The van der Waals surface area contributed by atoms with Crippen LogP contribution in [0.1, 0.15) is 19.3 Å². The standard InChI is InChI=1S/C13H19FN2O3S/c1-19-11-5-6-12(14)13(9-11)16-20(17,18)8-2-7-15-10-3-4-10/h5-6,9-10,15-16H,2-4,7-8H2,1H3. The molecule has 1 aromatic carbocycles. The quantitative estimate of drug-likeness (QED) is 0.718. The van der Waals surface area contributed by atoms with Crippen molar-refractivity contribution in [2.75, 3.05) is 24.1 Å². The molecule has 1 aliphatic carbocycles. The third-order valence-corrected chi connectivity index (χ3v) is 4.40. The molecule has 5 nitrogen and oxygen atoms in total. The molecule has 112 valence electrons. The molecule has 0 radical (unpaired) electrons. The lowest BCUT2D eigenvalue weighted by molar-refractivity contribution is 0.414. The van der Waals surface area contributed by atoms with Gasteiger partial charge in [-0.1, -0.05) is 0 Å². The average Bonchev–Trinajstić information content (AvgIpc) is 3.21. The molecule has 1 aliphatic rings. The highest BCUT2D eigenvalue weighted by Gasteiger charge is 2.20. The van der Waals surface area contributed by atoms with Crippen LogP contribution in [-0.4, -0.2) is 33.9 Å². The second kappa shape index (κ2) is 6.41. The monoisotopic (exact) mass is 302 g/mol. The minimum absolute atomic E-state index is 0.0383. The number of anilines is 1. The van der Waals surface area contributed by atoms with Gasteiger partial charge in [-0.05, 0) is 37.9 Å². The van der Waals surface area contributed by atoms with Crippen molar-refractivity contribution < 1.29 is 17.5 Å². The van der Waals surface area contributed by atoms with Gasteiger partial charge >= 0.3 is 0 Å². The molecule has 2 N–H and O–H groups in total. The molecule has 0 bridgehead atoms. The maximum absolute atomic E-state index is 13.5. The molecule has 0 aromatic heterocycles. The molecule has 0 spiro atoms. The van der Waals surface area contributed by atoms with Crippen LogP contribution in [0.3, 0.4) is 0 Å². The van der Waals surface area contributed by atoms with E-state index in [-0.39, 0.29) is 11.4 Å². The Kier molecular flexibility index (Phi) is 4.82. The van der Waals surface area contributed by atoms with E-state index in [2.05, 4.69) is 10.0 Å². The first-order valence-electron chi connectivity index (χ1n) is 6.57. The summed E-state index contributed by atoms with van der Waals surface area (Å²) in [6.45, 7) is 0.659. The van der Waals surface area contributed by atoms with E-state index in [1.54, 1.807) is 0 Å². The lowest BCUT2D eigenvalue weighted by Crippen LogP contribution is -2.23. The summed E-state index contributed by atoms with van der Waals surface area (Å²) in [5.74, 6) is -0.256. The van der Waals surface area contributed by atoms with E-state index in [0.717, 1.165) is 0 Å². The Morgan fingerprint density at radius 3 is 2.80 bits per heavy atom. The summed E-state index contributed by atoms with van der Waals surface area (Å²) in [6.07, 6.45) is 2.83. The Morgan fingerprint density at radius 1 is 1.40 bits per heavy atom. The number of methoxy groups -OCH3 is 1. The van der Waals surface area contributed by atoms with Gasteiger partial charge in [0.25, 0.3) is 0 Å². The molecule has 0 unspecified atom stereocenters. The van der Waals surface area contributed by atoms with Crippen LogP contribution in [0.25, 0.3) is 0 Å². The molecule has 0 aliphatic heterocycles. The number of nitrogens with one attached hydrogen (secondary N) is 2. The fourth-order valence-electron chi connectivity index (χ4n) is 1.78. The van der Waals surface area contributed by atoms with Gasteiger partial charge in [-0.15, -0.1) is 0 Å². The lowest BCUT2D eigenvalue weighted by atomic mass is 10.3. The Hall–Kier alpha value is -1.34. The van der Waals surface area contributed by atoms with Gasteiger partial charge in [0, 0.05) is 12.1 Å². The number of hydrogen-bond acceptors (Lipinski definition) is 4. The van der Waals surface area contributed by atoms with Crippen LogP contribution in [0.15, 0.2) is 18.2 Å². The normalized spacial score (nSPS) is 15.1. The fraction of sp³-hybridized carbons (Fsp3) is 0.538. The van der Waals surface area contributed by atoms with Crippen LogP contribution in [-0.2, 0) is 10.0 Å². The molecule has 20 heavy (non-hydrogen) atoms. The first-order chi connectivity index (χ1) is 9.50. The molecule has 0 heterocycles. The van der Waals surface area contributed by atoms with Crippen molar-refractivity contribution in [2.24, 2.45) is 0 Å². The SMILES string of the molecule is COc1ccc(F)c(NS(=O)(=O)CCCNC2CC2)c1. The summed E-state index contributed by atoms with van der Waals surface area (Å²) in [6, 6.07) is 4.49. The second-order valence-corrected chi connectivity index (χ2v) is 6.69. The van der Waals surface area contributed by atoms with Gasteiger partial charge in [-0.25, -0.2) is 12.8 Å². The largest absolute Gasteiger partial charge is 0.497 e. The van der Waals surface area contributed by atoms with Crippen molar-refractivity contribution in [1.82, 2.24) is 5.32 Å². The second-order valence-electron chi connectivity index (χ2n) is 4.85. The van der Waals surface area contributed by atoms with Crippen LogP contribution in [0, 0.1) is 5.82 Å². The van der Waals surface area contributed by atoms with Crippen LogP contribution in [0.5, 0.6) is 5.75 Å². The summed E-state index contributed by atoms with van der Waals surface area (Å²) in [4.78, 5) is 0. The highest BCUT2D eigenvalue weighted by molar-refractivity contribution is 7.92. The number of benzene rings is 1. The highest BCUT2D eigenvalue weighted by Crippen LogP contribution is 2.22. The maximum Gasteiger partial charge on any atom is 0.232 e. The van der Waals surface area contributed by atoms with E-state index in [4.69, 9.17) is 4.74 Å². The zero-order valence-corrected chi connectivity index (χ0v) is 12.2. The summed E-state index contributed by atoms with van der Waals surface area (Å²) in [5, 5.41) is 3.24. The van der Waals surface area contributed by atoms with Gasteiger partial charge in [0.1, 0.15) is 11.6 Å². The van der Waals surface area contributed by atoms with E-state index in [0.29, 0.717) is 24.8 Å². The lowest BCUT2D eigenvalue weighted by Gasteiger charge is -2.10. The Bertz CT molecular complexity index is 559. The molecule has 0 saturated heterocycles. The molecule has 2 rings (SSSR count). The molecule has 0 amide bonds. The molecule has 1 fully saturated rings. The van der Waals surface area contributed by atoms with Crippen molar-refractivity contribution >= 4 is 15.7 Å². The Morgan fingerprint density at radius 2 is 2.15 bits per heavy atom. The van der Waals surface area contributed by atoms with Crippen molar-refractivity contribution in [3.8, 4) is 5.75 Å². The van der Waals surface area contributed by atoms with Gasteiger partial charge < -0.3 is 10.1 Å². The van der Waals surface area contributed by atoms with Crippen molar-refractivity contribution in [2.45, 2.75) is 25.3 Å². The molecule has 0 atom stereocenters. The zero-order chi connectivity index (χ0) is 14.6. The maximum atomic E-state index is 13.5. The van der Waals surface area contributed by atoms with Crippen LogP contribution in [0.2, 0.25) is 0 Å². The molecule has 1 saturated carbocycles. The predicted molar refractivity (Wildman–Crippen MR) is 76.0 cm³/mol. The minimum Gasteiger partial charge on any atom is -0.497 e. The van der Waals surface area contributed by atoms with Gasteiger partial charge in [-0.3, -0.25) is 4.72 Å². The van der Waals surface area contributed by atoms with Gasteiger partial charge in [0.15, 0.2) is 0 Å². The minimum atomic E-state index is -3.55. The van der Waals surface area contributed by atoms with Crippen molar-refractivity contribution in [1.29, 1.82) is 0 Å². The highest BCUT2D eigenvalue weighted by atomic mass is 32.2. The van der Waals surface area contributed by atoms with Crippen LogP contribution in [0.4, 0.5) is 10.1 Å². The summed E-state index contributed by atoms with van der Waals surface area (Å²) in [5.41, 5.74) is -0.0838. The van der Waals surface area contributed by atoms with E-state index in [9.17, 15) is 12.8 Å². The molecular weight excluding hydrogens is 283 g/mol.